The predicted molar refractivity (Wildman–Crippen MR) is 111 cm³/mol. The number of aromatic hydroxyl groups is 1. The number of hydrogen-bond donors (Lipinski definition) is 2. The number of benzene rings is 1. The van der Waals surface area contributed by atoms with Crippen molar-refractivity contribution in [3.8, 4) is 5.88 Å². The van der Waals surface area contributed by atoms with Crippen LogP contribution in [0.2, 0.25) is 5.02 Å². The average Bonchev–Trinajstić information content (AvgIpc) is 3.34. The second kappa shape index (κ2) is 7.41. The van der Waals surface area contributed by atoms with Gasteiger partial charge in [0, 0.05) is 19.1 Å². The van der Waals surface area contributed by atoms with Crippen LogP contribution in [0.1, 0.15) is 53.2 Å². The Balaban J connectivity index is 1.75. The van der Waals surface area contributed by atoms with Crippen LogP contribution in [0.5, 0.6) is 5.88 Å². The van der Waals surface area contributed by atoms with Crippen molar-refractivity contribution in [2.45, 2.75) is 45.6 Å². The van der Waals surface area contributed by atoms with Crippen LogP contribution in [0.3, 0.4) is 0 Å². The van der Waals surface area contributed by atoms with E-state index in [1.807, 2.05) is 19.9 Å². The molecule has 1 aliphatic carbocycles. The summed E-state index contributed by atoms with van der Waals surface area (Å²) in [7, 11) is 0. The highest BCUT2D eigenvalue weighted by Gasteiger charge is 2.32. The molecule has 6 nitrogen and oxygen atoms in total. The molecule has 1 aromatic heterocycles. The van der Waals surface area contributed by atoms with Crippen molar-refractivity contribution >= 4 is 28.4 Å². The van der Waals surface area contributed by atoms with E-state index in [4.69, 9.17) is 11.6 Å². The van der Waals surface area contributed by atoms with Gasteiger partial charge in [-0.15, -0.1) is 0 Å². The third kappa shape index (κ3) is 3.29. The van der Waals surface area contributed by atoms with Crippen molar-refractivity contribution in [3.63, 3.8) is 0 Å². The van der Waals surface area contributed by atoms with Crippen LogP contribution < -0.4 is 10.7 Å². The maximum Gasteiger partial charge on any atom is 0.260 e. The number of carbonyl (C=O) groups is 1. The van der Waals surface area contributed by atoms with Crippen molar-refractivity contribution in [1.82, 2.24) is 14.8 Å². The van der Waals surface area contributed by atoms with E-state index in [1.54, 1.807) is 4.57 Å². The fourth-order valence-corrected chi connectivity index (χ4v) is 4.39. The van der Waals surface area contributed by atoms with Crippen LogP contribution in [-0.4, -0.2) is 46.7 Å². The second-order valence-electron chi connectivity index (χ2n) is 7.96. The van der Waals surface area contributed by atoms with Crippen molar-refractivity contribution < 1.29 is 9.90 Å². The van der Waals surface area contributed by atoms with E-state index < -0.39 is 11.3 Å². The van der Waals surface area contributed by atoms with E-state index in [0.29, 0.717) is 22.5 Å². The number of fused-ring (bicyclic) bond motifs is 1. The van der Waals surface area contributed by atoms with Crippen LogP contribution in [0.4, 0.5) is 0 Å². The number of aromatic nitrogens is 1. The number of rotatable bonds is 5. The summed E-state index contributed by atoms with van der Waals surface area (Å²) in [5.41, 5.74) is 1.67. The van der Waals surface area contributed by atoms with Gasteiger partial charge in [-0.1, -0.05) is 11.6 Å². The van der Waals surface area contributed by atoms with Gasteiger partial charge in [-0.3, -0.25) is 9.59 Å². The topological polar surface area (TPSA) is 74.6 Å². The number of likely N-dealkylation sites (tertiary alicyclic amines) is 1. The van der Waals surface area contributed by atoms with Crippen molar-refractivity contribution in [2.24, 2.45) is 0 Å². The highest BCUT2D eigenvalue weighted by atomic mass is 35.5. The number of halogens is 1. The fraction of sp³-hybridized carbons (Fsp3) is 0.524. The normalized spacial score (nSPS) is 17.4. The molecule has 7 heteroatoms. The lowest BCUT2D eigenvalue weighted by molar-refractivity contribution is 0.0944. The summed E-state index contributed by atoms with van der Waals surface area (Å²) in [6.45, 7) is 7.06. The molecule has 1 amide bonds. The van der Waals surface area contributed by atoms with Crippen molar-refractivity contribution in [1.29, 1.82) is 0 Å². The van der Waals surface area contributed by atoms with Crippen LogP contribution >= 0.6 is 11.6 Å². The molecule has 1 aliphatic heterocycles. The molecule has 0 spiro atoms. The molecular weight excluding hydrogens is 378 g/mol. The van der Waals surface area contributed by atoms with E-state index >= 15 is 0 Å². The quantitative estimate of drug-likeness (QED) is 0.804. The first kappa shape index (κ1) is 19.3. The molecule has 1 saturated heterocycles. The van der Waals surface area contributed by atoms with Crippen LogP contribution in [0.25, 0.3) is 10.9 Å². The summed E-state index contributed by atoms with van der Waals surface area (Å²) >= 11 is 6.52. The number of nitrogens with one attached hydrogen (secondary N) is 1. The molecule has 2 aliphatic rings. The molecule has 0 unspecified atom stereocenters. The number of amides is 1. The van der Waals surface area contributed by atoms with Crippen LogP contribution in [0.15, 0.2) is 10.9 Å². The van der Waals surface area contributed by atoms with Gasteiger partial charge in [-0.2, -0.15) is 0 Å². The van der Waals surface area contributed by atoms with Crippen molar-refractivity contribution in [3.05, 3.63) is 38.0 Å². The lowest BCUT2D eigenvalue weighted by Gasteiger charge is -2.19. The van der Waals surface area contributed by atoms with Crippen LogP contribution in [0, 0.1) is 13.8 Å². The maximum absolute atomic E-state index is 13.2. The Bertz CT molecular complexity index is 1000. The lowest BCUT2D eigenvalue weighted by atomic mass is 10.0. The summed E-state index contributed by atoms with van der Waals surface area (Å²) in [6, 6.07) is 1.97. The second-order valence-corrected chi connectivity index (χ2v) is 8.34. The largest absolute Gasteiger partial charge is 0.494 e. The zero-order chi connectivity index (χ0) is 20.0. The third-order valence-electron chi connectivity index (χ3n) is 5.97. The standard InChI is InChI=1S/C21H26ClN3O3/c1-12-11-15-16(18(22)13(12)2)19(26)17(21(28)25(15)14-5-6-14)20(27)23-7-10-24-8-3-4-9-24/h11,14,28H,3-10H2,1-2H3,(H,23,27). The molecule has 1 aromatic carbocycles. The van der Waals surface area contributed by atoms with Crippen LogP contribution in [-0.2, 0) is 0 Å². The van der Waals surface area contributed by atoms with E-state index in [1.165, 1.54) is 12.8 Å². The van der Waals surface area contributed by atoms with Gasteiger partial charge in [0.25, 0.3) is 5.91 Å². The molecule has 28 heavy (non-hydrogen) atoms. The summed E-state index contributed by atoms with van der Waals surface area (Å²) in [6.07, 6.45) is 4.18. The summed E-state index contributed by atoms with van der Waals surface area (Å²) in [5, 5.41) is 14.3. The molecule has 2 aromatic rings. The molecule has 0 bridgehead atoms. The smallest absolute Gasteiger partial charge is 0.260 e. The molecule has 2 heterocycles. The van der Waals surface area contributed by atoms with Gasteiger partial charge in [0.15, 0.2) is 0 Å². The molecule has 0 atom stereocenters. The Hall–Kier alpha value is -2.05. The minimum absolute atomic E-state index is 0.0948. The number of nitrogens with zero attached hydrogens (tertiary/aromatic N) is 2. The van der Waals surface area contributed by atoms with E-state index in [0.717, 1.165) is 43.6 Å². The molecule has 150 valence electrons. The monoisotopic (exact) mass is 403 g/mol. The van der Waals surface area contributed by atoms with E-state index in [-0.39, 0.29) is 17.5 Å². The molecule has 2 fully saturated rings. The molecular formula is C21H26ClN3O3. The Labute approximate surface area is 169 Å². The summed E-state index contributed by atoms with van der Waals surface area (Å²) in [5.74, 6) is -0.787. The predicted octanol–water partition coefficient (Wildman–Crippen LogP) is 3.14. The first-order chi connectivity index (χ1) is 13.4. The average molecular weight is 404 g/mol. The molecule has 2 N–H and O–H groups in total. The number of carbonyl (C=O) groups excluding carboxylic acids is 1. The highest BCUT2D eigenvalue weighted by Crippen LogP contribution is 2.42. The Kier molecular flexibility index (Phi) is 5.10. The minimum atomic E-state index is -0.535. The molecule has 4 rings (SSSR count). The first-order valence-electron chi connectivity index (χ1n) is 9.97. The van der Waals surface area contributed by atoms with Gasteiger partial charge in [0.2, 0.25) is 11.3 Å². The van der Waals surface area contributed by atoms with Gasteiger partial charge in [-0.25, -0.2) is 0 Å². The fourth-order valence-electron chi connectivity index (χ4n) is 4.05. The van der Waals surface area contributed by atoms with Gasteiger partial charge in [0.1, 0.15) is 5.56 Å². The van der Waals surface area contributed by atoms with Gasteiger partial charge in [-0.05, 0) is 69.8 Å². The lowest BCUT2D eigenvalue weighted by Crippen LogP contribution is -2.36. The number of pyridine rings is 1. The molecule has 0 radical (unpaired) electrons. The summed E-state index contributed by atoms with van der Waals surface area (Å²) in [4.78, 5) is 28.3. The Morgan fingerprint density at radius 3 is 2.61 bits per heavy atom. The molecule has 1 saturated carbocycles. The third-order valence-corrected chi connectivity index (χ3v) is 6.44. The maximum atomic E-state index is 13.2. The zero-order valence-corrected chi connectivity index (χ0v) is 17.1. The highest BCUT2D eigenvalue weighted by molar-refractivity contribution is 6.36. The van der Waals surface area contributed by atoms with E-state index in [2.05, 4.69) is 10.2 Å². The SMILES string of the molecule is Cc1cc2c(c(Cl)c1C)c(=O)c(C(=O)NCCN1CCCC1)c(O)n2C1CC1. The number of hydrogen-bond acceptors (Lipinski definition) is 4. The van der Waals surface area contributed by atoms with Gasteiger partial charge < -0.3 is 19.9 Å². The minimum Gasteiger partial charge on any atom is -0.494 e. The van der Waals surface area contributed by atoms with Crippen molar-refractivity contribution in [2.75, 3.05) is 26.2 Å². The van der Waals surface area contributed by atoms with Gasteiger partial charge >= 0.3 is 0 Å². The Morgan fingerprint density at radius 2 is 1.96 bits per heavy atom. The summed E-state index contributed by atoms with van der Waals surface area (Å²) < 4.78 is 1.71. The first-order valence-corrected chi connectivity index (χ1v) is 10.4. The Morgan fingerprint density at radius 1 is 1.29 bits per heavy atom. The van der Waals surface area contributed by atoms with Gasteiger partial charge in [0.05, 0.1) is 15.9 Å². The number of aryl methyl sites for hydroxylation is 1. The van der Waals surface area contributed by atoms with E-state index in [9.17, 15) is 14.7 Å². The zero-order valence-electron chi connectivity index (χ0n) is 16.3.